The van der Waals surface area contributed by atoms with Crippen molar-refractivity contribution in [2.45, 2.75) is 20.8 Å². The first-order valence-electron chi connectivity index (χ1n) is 4.51. The first-order valence-corrected chi connectivity index (χ1v) is 4.51. The summed E-state index contributed by atoms with van der Waals surface area (Å²) in [6.07, 6.45) is 5.57. The fourth-order valence-electron chi connectivity index (χ4n) is 1.12. The van der Waals surface area contributed by atoms with Crippen molar-refractivity contribution in [3.05, 3.63) is 28.4 Å². The van der Waals surface area contributed by atoms with E-state index in [9.17, 15) is 0 Å². The van der Waals surface area contributed by atoms with Crippen molar-refractivity contribution in [2.75, 3.05) is 0 Å². The summed E-state index contributed by atoms with van der Waals surface area (Å²) in [5.74, 6) is 0. The summed E-state index contributed by atoms with van der Waals surface area (Å²) in [6.45, 7) is 6.07. The Morgan fingerprint density at radius 1 is 1.15 bits per heavy atom. The molecule has 0 atom stereocenters. The van der Waals surface area contributed by atoms with Crippen molar-refractivity contribution >= 4 is 12.4 Å². The van der Waals surface area contributed by atoms with Gasteiger partial charge in [0.2, 0.25) is 0 Å². The van der Waals surface area contributed by atoms with E-state index in [1.54, 1.807) is 0 Å². The number of hydrazine groups is 1. The number of aromatic nitrogens is 1. The Bertz CT molecular complexity index is 382. The Hall–Kier alpha value is -1.51. The summed E-state index contributed by atoms with van der Waals surface area (Å²) in [7, 11) is 0. The summed E-state index contributed by atoms with van der Waals surface area (Å²) in [5.41, 5.74) is 7.02. The first kappa shape index (κ1) is 9.58. The summed E-state index contributed by atoms with van der Waals surface area (Å²) < 4.78 is 0. The van der Waals surface area contributed by atoms with Crippen LogP contribution in [0.5, 0.6) is 0 Å². The molecule has 1 aromatic heterocycles. The second-order valence-corrected chi connectivity index (χ2v) is 2.50. The smallest absolute Gasteiger partial charge is 0.0895 e. The molecule has 1 aliphatic rings. The molecule has 0 saturated carbocycles. The van der Waals surface area contributed by atoms with Crippen molar-refractivity contribution in [2.24, 2.45) is 0 Å². The Kier molecular flexibility index (Phi) is 3.31. The van der Waals surface area contributed by atoms with E-state index in [-0.39, 0.29) is 0 Å². The largest absolute Gasteiger partial charge is 0.308 e. The Morgan fingerprint density at radius 3 is 2.54 bits per heavy atom. The molecule has 2 N–H and O–H groups in total. The van der Waals surface area contributed by atoms with Gasteiger partial charge in [0.05, 0.1) is 5.35 Å². The molecule has 70 valence electrons. The van der Waals surface area contributed by atoms with Crippen LogP contribution in [-0.2, 0) is 0 Å². The minimum absolute atomic E-state index is 0.990. The van der Waals surface area contributed by atoms with Crippen LogP contribution in [0.4, 0.5) is 0 Å². The lowest BCUT2D eigenvalue weighted by Gasteiger charge is -2.05. The molecule has 0 unspecified atom stereocenters. The van der Waals surface area contributed by atoms with E-state index in [0.29, 0.717) is 0 Å². The van der Waals surface area contributed by atoms with Crippen LogP contribution in [0.1, 0.15) is 19.4 Å². The van der Waals surface area contributed by atoms with Crippen LogP contribution in [-0.4, -0.2) is 4.98 Å². The molecule has 0 fully saturated rings. The second-order valence-electron chi connectivity index (χ2n) is 2.50. The zero-order chi connectivity index (χ0) is 9.68. The lowest BCUT2D eigenvalue weighted by atomic mass is 10.2. The van der Waals surface area contributed by atoms with Gasteiger partial charge < -0.3 is 10.9 Å². The quantitative estimate of drug-likeness (QED) is 0.585. The van der Waals surface area contributed by atoms with E-state index in [1.165, 1.54) is 5.56 Å². The number of fused-ring (bicyclic) bond motifs is 1. The summed E-state index contributed by atoms with van der Waals surface area (Å²) >= 11 is 0. The Balaban J connectivity index is 0.000000396. The van der Waals surface area contributed by atoms with Gasteiger partial charge in [0.25, 0.3) is 0 Å². The number of nitrogens with one attached hydrogen (secondary N) is 2. The molecule has 1 aliphatic heterocycles. The van der Waals surface area contributed by atoms with Gasteiger partial charge >= 0.3 is 0 Å². The maximum Gasteiger partial charge on any atom is 0.0895 e. The van der Waals surface area contributed by atoms with Crippen molar-refractivity contribution in [3.63, 3.8) is 0 Å². The van der Waals surface area contributed by atoms with Gasteiger partial charge in [-0.15, -0.1) is 0 Å². The molecule has 0 aromatic carbocycles. The zero-order valence-electron chi connectivity index (χ0n) is 8.26. The molecule has 13 heavy (non-hydrogen) atoms. The van der Waals surface area contributed by atoms with E-state index in [2.05, 4.69) is 22.8 Å². The molecule has 3 nitrogen and oxygen atoms in total. The van der Waals surface area contributed by atoms with Gasteiger partial charge in [-0.25, -0.2) is 0 Å². The zero-order valence-corrected chi connectivity index (χ0v) is 8.26. The fraction of sp³-hybridized carbons (Fsp3) is 0.300. The lowest BCUT2D eigenvalue weighted by Crippen LogP contribution is -2.41. The van der Waals surface area contributed by atoms with Crippen molar-refractivity contribution in [1.82, 2.24) is 15.8 Å². The first-order chi connectivity index (χ1) is 6.38. The predicted octanol–water partition coefficient (Wildman–Crippen LogP) is 0.0000200. The van der Waals surface area contributed by atoms with Crippen LogP contribution in [0.25, 0.3) is 12.4 Å². The highest BCUT2D eigenvalue weighted by molar-refractivity contribution is 5.34. The van der Waals surface area contributed by atoms with Gasteiger partial charge in [-0.3, -0.25) is 4.98 Å². The summed E-state index contributed by atoms with van der Waals surface area (Å²) in [4.78, 5) is 4.19. The molecule has 3 heteroatoms. The second kappa shape index (κ2) is 4.50. The number of hydrogen-bond donors (Lipinski definition) is 2. The van der Waals surface area contributed by atoms with Crippen LogP contribution >= 0.6 is 0 Å². The van der Waals surface area contributed by atoms with E-state index < -0.39 is 0 Å². The van der Waals surface area contributed by atoms with Crippen molar-refractivity contribution < 1.29 is 0 Å². The third-order valence-electron chi connectivity index (χ3n) is 1.75. The molecule has 1 aromatic rings. The topological polar surface area (TPSA) is 37.0 Å². The Morgan fingerprint density at radius 2 is 1.85 bits per heavy atom. The number of hydrogen-bond acceptors (Lipinski definition) is 3. The molecule has 0 aliphatic carbocycles. The van der Waals surface area contributed by atoms with Gasteiger partial charge in [-0.1, -0.05) is 13.8 Å². The number of aryl methyl sites for hydroxylation is 1. The molecule has 0 spiro atoms. The molecular weight excluding hydrogens is 162 g/mol. The number of rotatable bonds is 0. The summed E-state index contributed by atoms with van der Waals surface area (Å²) in [6, 6.07) is 2.00. The van der Waals surface area contributed by atoms with Crippen molar-refractivity contribution in [3.8, 4) is 0 Å². The molecule has 0 amide bonds. The third kappa shape index (κ3) is 1.99. The van der Waals surface area contributed by atoms with Crippen molar-refractivity contribution in [1.29, 1.82) is 0 Å². The normalized spacial score (nSPS) is 11.6. The maximum atomic E-state index is 4.19. The molecule has 0 radical (unpaired) electrons. The van der Waals surface area contributed by atoms with E-state index in [4.69, 9.17) is 0 Å². The van der Waals surface area contributed by atoms with Crippen LogP contribution < -0.4 is 21.4 Å². The molecule has 2 heterocycles. The summed E-state index contributed by atoms with van der Waals surface area (Å²) in [5, 5.41) is 2.15. The standard InChI is InChI=1S/C8H9N3.C2H6/c1-6-2-3-9-8-5-11-10-4-7(6)8;1-2/h2-5,10-11H,1H3;1-2H3. The van der Waals surface area contributed by atoms with Crippen LogP contribution in [0, 0.1) is 6.92 Å². The predicted molar refractivity (Wildman–Crippen MR) is 54.8 cm³/mol. The highest BCUT2D eigenvalue weighted by atomic mass is 15.3. The minimum atomic E-state index is 0.990. The number of nitrogens with zero attached hydrogens (tertiary/aromatic N) is 1. The van der Waals surface area contributed by atoms with Gasteiger partial charge in [0.1, 0.15) is 0 Å². The van der Waals surface area contributed by atoms with Gasteiger partial charge in [-0.05, 0) is 18.6 Å². The average Bonchev–Trinajstić information content (AvgIpc) is 2.22. The van der Waals surface area contributed by atoms with Gasteiger partial charge in [-0.2, -0.15) is 0 Å². The fourth-order valence-corrected chi connectivity index (χ4v) is 1.12. The van der Waals surface area contributed by atoms with E-state index >= 15 is 0 Å². The number of pyridine rings is 1. The molecule has 2 rings (SSSR count). The van der Waals surface area contributed by atoms with E-state index in [0.717, 1.165) is 10.6 Å². The lowest BCUT2D eigenvalue weighted by molar-refractivity contribution is 0.834. The molecule has 0 bridgehead atoms. The van der Waals surface area contributed by atoms with Gasteiger partial charge in [0, 0.05) is 23.8 Å². The SMILES string of the molecule is CC.Cc1ccnc2c1=CNNC=2. The maximum absolute atomic E-state index is 4.19. The van der Waals surface area contributed by atoms with E-state index in [1.807, 2.05) is 38.5 Å². The molecule has 0 saturated heterocycles. The monoisotopic (exact) mass is 177 g/mol. The van der Waals surface area contributed by atoms with Crippen LogP contribution in [0.2, 0.25) is 0 Å². The Labute approximate surface area is 78.2 Å². The third-order valence-corrected chi connectivity index (χ3v) is 1.75. The minimum Gasteiger partial charge on any atom is -0.308 e. The highest BCUT2D eigenvalue weighted by Gasteiger charge is 1.93. The molecular formula is C10H15N3. The van der Waals surface area contributed by atoms with Gasteiger partial charge in [0.15, 0.2) is 0 Å². The average molecular weight is 177 g/mol. The van der Waals surface area contributed by atoms with Crippen LogP contribution in [0.15, 0.2) is 12.3 Å². The highest BCUT2D eigenvalue weighted by Crippen LogP contribution is 1.80. The van der Waals surface area contributed by atoms with Crippen LogP contribution in [0.3, 0.4) is 0 Å².